The number of furan rings is 1. The average molecular weight is 244 g/mol. The lowest BCUT2D eigenvalue weighted by Crippen LogP contribution is -2.20. The van der Waals surface area contributed by atoms with E-state index in [1.807, 2.05) is 25.2 Å². The molecule has 0 spiro atoms. The maximum Gasteiger partial charge on any atom is 0.185 e. The van der Waals surface area contributed by atoms with E-state index in [9.17, 15) is 4.79 Å². The van der Waals surface area contributed by atoms with Crippen molar-refractivity contribution in [2.75, 3.05) is 13.6 Å². The summed E-state index contributed by atoms with van der Waals surface area (Å²) in [6, 6.07) is 7.57. The van der Waals surface area contributed by atoms with Crippen molar-refractivity contribution in [3.8, 4) is 0 Å². The number of carbonyl (C=O) groups is 1. The zero-order chi connectivity index (χ0) is 12.8. The third-order valence-corrected chi connectivity index (χ3v) is 2.76. The molecular formula is C14H16N2O2. The minimum absolute atomic E-state index is 0.382. The molecule has 0 radical (unpaired) electrons. The van der Waals surface area contributed by atoms with Crippen LogP contribution in [-0.2, 0) is 13.0 Å². The highest BCUT2D eigenvalue weighted by atomic mass is 16.3. The molecule has 4 heteroatoms. The second-order valence-electron chi connectivity index (χ2n) is 4.27. The van der Waals surface area contributed by atoms with Crippen LogP contribution >= 0.6 is 0 Å². The Hall–Kier alpha value is -1.94. The van der Waals surface area contributed by atoms with Gasteiger partial charge in [-0.2, -0.15) is 0 Å². The van der Waals surface area contributed by atoms with E-state index in [4.69, 9.17) is 4.42 Å². The molecule has 0 fully saturated rings. The monoisotopic (exact) mass is 244 g/mol. The number of aldehydes is 1. The summed E-state index contributed by atoms with van der Waals surface area (Å²) in [5, 5.41) is 0. The van der Waals surface area contributed by atoms with Gasteiger partial charge in [0.2, 0.25) is 0 Å². The molecule has 2 rings (SSSR count). The lowest BCUT2D eigenvalue weighted by molar-refractivity contribution is 0.109. The summed E-state index contributed by atoms with van der Waals surface area (Å²) < 4.78 is 5.34. The number of hydrogen-bond donors (Lipinski definition) is 0. The van der Waals surface area contributed by atoms with Gasteiger partial charge in [-0.1, -0.05) is 0 Å². The van der Waals surface area contributed by atoms with Gasteiger partial charge >= 0.3 is 0 Å². The van der Waals surface area contributed by atoms with Crippen LogP contribution < -0.4 is 0 Å². The van der Waals surface area contributed by atoms with Crippen LogP contribution in [0.25, 0.3) is 0 Å². The van der Waals surface area contributed by atoms with Crippen molar-refractivity contribution < 1.29 is 9.21 Å². The van der Waals surface area contributed by atoms with Crippen LogP contribution in [0, 0.1) is 0 Å². The number of aromatic nitrogens is 1. The standard InChI is InChI=1S/C14H16N2O2/c1-16(9-6-12-4-7-15-8-5-12)10-13-2-3-14(11-17)18-13/h2-5,7-8,11H,6,9-10H2,1H3. The molecule has 0 atom stereocenters. The molecule has 2 aromatic rings. The first-order valence-corrected chi connectivity index (χ1v) is 5.89. The lowest BCUT2D eigenvalue weighted by Gasteiger charge is -2.14. The first-order chi connectivity index (χ1) is 8.78. The third kappa shape index (κ3) is 3.53. The minimum atomic E-state index is 0.382. The van der Waals surface area contributed by atoms with Crippen LogP contribution in [-0.4, -0.2) is 29.8 Å². The van der Waals surface area contributed by atoms with Crippen LogP contribution in [0.1, 0.15) is 21.9 Å². The van der Waals surface area contributed by atoms with Gasteiger partial charge in [-0.25, -0.2) is 0 Å². The fraction of sp³-hybridized carbons (Fsp3) is 0.286. The number of nitrogens with zero attached hydrogens (tertiary/aromatic N) is 2. The van der Waals surface area contributed by atoms with Gasteiger partial charge in [0.05, 0.1) is 6.54 Å². The molecule has 4 nitrogen and oxygen atoms in total. The summed E-state index contributed by atoms with van der Waals surface area (Å²) in [4.78, 5) is 16.7. The summed E-state index contributed by atoms with van der Waals surface area (Å²) >= 11 is 0. The van der Waals surface area contributed by atoms with Crippen molar-refractivity contribution in [3.63, 3.8) is 0 Å². The SMILES string of the molecule is CN(CCc1ccncc1)Cc1ccc(C=O)o1. The van der Waals surface area contributed by atoms with Gasteiger partial charge in [0.15, 0.2) is 12.0 Å². The molecule has 18 heavy (non-hydrogen) atoms. The predicted octanol–water partition coefficient (Wildman–Crippen LogP) is 2.16. The summed E-state index contributed by atoms with van der Waals surface area (Å²) in [5.74, 6) is 1.20. The van der Waals surface area contributed by atoms with Crippen molar-refractivity contribution in [1.82, 2.24) is 9.88 Å². The second-order valence-corrected chi connectivity index (χ2v) is 4.27. The van der Waals surface area contributed by atoms with Gasteiger partial charge < -0.3 is 4.42 Å². The van der Waals surface area contributed by atoms with Crippen molar-refractivity contribution in [3.05, 3.63) is 53.7 Å². The van der Waals surface area contributed by atoms with E-state index in [-0.39, 0.29) is 0 Å². The first-order valence-electron chi connectivity index (χ1n) is 5.89. The number of likely N-dealkylation sites (N-methyl/N-ethyl adjacent to an activating group) is 1. The Balaban J connectivity index is 1.81. The Kier molecular flexibility index (Phi) is 4.25. The maximum absolute atomic E-state index is 10.5. The van der Waals surface area contributed by atoms with Gasteiger partial charge in [-0.3, -0.25) is 14.7 Å². The Morgan fingerprint density at radius 1 is 1.28 bits per heavy atom. The van der Waals surface area contributed by atoms with E-state index in [1.54, 1.807) is 18.5 Å². The van der Waals surface area contributed by atoms with Crippen molar-refractivity contribution in [2.24, 2.45) is 0 Å². The highest BCUT2D eigenvalue weighted by Crippen LogP contribution is 2.08. The molecule has 0 aliphatic carbocycles. The number of hydrogen-bond acceptors (Lipinski definition) is 4. The summed E-state index contributed by atoms with van der Waals surface area (Å²) in [6.45, 7) is 1.64. The Labute approximate surface area is 106 Å². The number of carbonyl (C=O) groups excluding carboxylic acids is 1. The lowest BCUT2D eigenvalue weighted by atomic mass is 10.2. The van der Waals surface area contributed by atoms with Crippen LogP contribution in [0.4, 0.5) is 0 Å². The number of rotatable bonds is 6. The van der Waals surface area contributed by atoms with E-state index in [0.29, 0.717) is 12.3 Å². The zero-order valence-electron chi connectivity index (χ0n) is 10.4. The van der Waals surface area contributed by atoms with Crippen LogP contribution in [0.5, 0.6) is 0 Å². The molecule has 0 aliphatic heterocycles. The molecule has 0 saturated carbocycles. The van der Waals surface area contributed by atoms with Gasteiger partial charge in [-0.05, 0) is 43.3 Å². The molecule has 94 valence electrons. The normalized spacial score (nSPS) is 10.8. The van der Waals surface area contributed by atoms with E-state index in [0.717, 1.165) is 25.0 Å². The maximum atomic E-state index is 10.5. The first kappa shape index (κ1) is 12.5. The smallest absolute Gasteiger partial charge is 0.185 e. The molecule has 0 aliphatic rings. The molecule has 0 unspecified atom stereocenters. The van der Waals surface area contributed by atoms with Crippen molar-refractivity contribution >= 4 is 6.29 Å². The molecular weight excluding hydrogens is 228 g/mol. The van der Waals surface area contributed by atoms with Gasteiger partial charge in [0.25, 0.3) is 0 Å². The average Bonchev–Trinajstić information content (AvgIpc) is 2.85. The zero-order valence-corrected chi connectivity index (χ0v) is 10.4. The summed E-state index contributed by atoms with van der Waals surface area (Å²) in [5.41, 5.74) is 1.27. The molecule has 2 heterocycles. The van der Waals surface area contributed by atoms with E-state index in [1.165, 1.54) is 5.56 Å². The van der Waals surface area contributed by atoms with Gasteiger partial charge in [0, 0.05) is 18.9 Å². The fourth-order valence-corrected chi connectivity index (χ4v) is 1.76. The van der Waals surface area contributed by atoms with Crippen LogP contribution in [0.15, 0.2) is 41.1 Å². The molecule has 0 bridgehead atoms. The molecule has 0 aromatic carbocycles. The van der Waals surface area contributed by atoms with Gasteiger partial charge in [0.1, 0.15) is 5.76 Å². The Morgan fingerprint density at radius 3 is 2.72 bits per heavy atom. The predicted molar refractivity (Wildman–Crippen MR) is 68.4 cm³/mol. The molecule has 0 amide bonds. The largest absolute Gasteiger partial charge is 0.457 e. The highest BCUT2D eigenvalue weighted by molar-refractivity contribution is 5.70. The highest BCUT2D eigenvalue weighted by Gasteiger charge is 2.05. The van der Waals surface area contributed by atoms with E-state index >= 15 is 0 Å². The van der Waals surface area contributed by atoms with E-state index in [2.05, 4.69) is 9.88 Å². The fourth-order valence-electron chi connectivity index (χ4n) is 1.76. The summed E-state index contributed by atoms with van der Waals surface area (Å²) in [6.07, 6.45) is 5.30. The Bertz CT molecular complexity index is 494. The second kappa shape index (κ2) is 6.12. The topological polar surface area (TPSA) is 46.3 Å². The van der Waals surface area contributed by atoms with Crippen molar-refractivity contribution in [2.45, 2.75) is 13.0 Å². The molecule has 0 saturated heterocycles. The van der Waals surface area contributed by atoms with E-state index < -0.39 is 0 Å². The quantitative estimate of drug-likeness (QED) is 0.730. The molecule has 0 N–H and O–H groups in total. The van der Waals surface area contributed by atoms with Gasteiger partial charge in [-0.15, -0.1) is 0 Å². The molecule has 2 aromatic heterocycles. The minimum Gasteiger partial charge on any atom is -0.457 e. The van der Waals surface area contributed by atoms with Crippen molar-refractivity contribution in [1.29, 1.82) is 0 Å². The van der Waals surface area contributed by atoms with Crippen LogP contribution in [0.3, 0.4) is 0 Å². The Morgan fingerprint density at radius 2 is 2.06 bits per heavy atom. The summed E-state index contributed by atoms with van der Waals surface area (Å²) in [7, 11) is 2.03. The number of pyridine rings is 1. The van der Waals surface area contributed by atoms with Crippen LogP contribution in [0.2, 0.25) is 0 Å². The third-order valence-electron chi connectivity index (χ3n) is 2.76.